The third kappa shape index (κ3) is 2.35. The molecule has 2 saturated heterocycles. The molecular weight excluding hydrogens is 222 g/mol. The third-order valence-corrected chi connectivity index (χ3v) is 4.50. The summed E-state index contributed by atoms with van der Waals surface area (Å²) in [4.78, 5) is 15.1. The summed E-state index contributed by atoms with van der Waals surface area (Å²) in [6.07, 6.45) is 6.09. The molecule has 0 unspecified atom stereocenters. The topological polar surface area (TPSA) is 20.3 Å². The first-order chi connectivity index (χ1) is 8.84. The number of carbonyl (C=O) groups is 1. The summed E-state index contributed by atoms with van der Waals surface area (Å²) in [5.41, 5.74) is 0.895. The van der Waals surface area contributed by atoms with E-state index < -0.39 is 0 Å². The van der Waals surface area contributed by atoms with Crippen LogP contribution in [-0.4, -0.2) is 29.8 Å². The number of hydrogen-bond acceptors (Lipinski definition) is 2. The molecule has 2 nitrogen and oxygen atoms in total. The summed E-state index contributed by atoms with van der Waals surface area (Å²) in [7, 11) is 0. The molecule has 0 aliphatic carbocycles. The van der Waals surface area contributed by atoms with Crippen molar-refractivity contribution < 1.29 is 4.79 Å². The first kappa shape index (κ1) is 11.9. The van der Waals surface area contributed by atoms with Gasteiger partial charge < -0.3 is 4.90 Å². The molecular formula is C16H21NO. The van der Waals surface area contributed by atoms with Crippen LogP contribution in [0.15, 0.2) is 30.3 Å². The zero-order valence-corrected chi connectivity index (χ0v) is 10.8. The molecule has 1 aromatic carbocycles. The summed E-state index contributed by atoms with van der Waals surface area (Å²) in [5, 5.41) is 0. The van der Waals surface area contributed by atoms with Crippen LogP contribution in [0.1, 0.15) is 42.5 Å². The number of rotatable bonds is 2. The van der Waals surface area contributed by atoms with Gasteiger partial charge >= 0.3 is 0 Å². The van der Waals surface area contributed by atoms with E-state index in [0.29, 0.717) is 11.8 Å². The van der Waals surface area contributed by atoms with Crippen molar-refractivity contribution in [1.29, 1.82) is 0 Å². The van der Waals surface area contributed by atoms with Gasteiger partial charge in [0, 0.05) is 17.5 Å². The summed E-state index contributed by atoms with van der Waals surface area (Å²) in [6, 6.07) is 10.5. The van der Waals surface area contributed by atoms with Crippen LogP contribution in [0.2, 0.25) is 0 Å². The van der Waals surface area contributed by atoms with E-state index in [1.165, 1.54) is 25.8 Å². The molecule has 0 bridgehead atoms. The van der Waals surface area contributed by atoms with Crippen LogP contribution >= 0.6 is 0 Å². The highest BCUT2D eigenvalue weighted by molar-refractivity contribution is 5.97. The molecule has 2 heterocycles. The van der Waals surface area contributed by atoms with Crippen LogP contribution in [0.5, 0.6) is 0 Å². The first-order valence-electron chi connectivity index (χ1n) is 7.18. The molecule has 96 valence electrons. The van der Waals surface area contributed by atoms with E-state index in [9.17, 15) is 4.79 Å². The molecule has 2 aliphatic rings. The van der Waals surface area contributed by atoms with Crippen molar-refractivity contribution in [2.24, 2.45) is 5.92 Å². The third-order valence-electron chi connectivity index (χ3n) is 4.50. The average molecular weight is 243 g/mol. The number of Topliss-reactive ketones (excluding diaryl/α,β-unsaturated/α-hetero) is 1. The van der Waals surface area contributed by atoms with Gasteiger partial charge in [-0.1, -0.05) is 36.8 Å². The monoisotopic (exact) mass is 243 g/mol. The van der Waals surface area contributed by atoms with Crippen LogP contribution in [-0.2, 0) is 0 Å². The summed E-state index contributed by atoms with van der Waals surface area (Å²) in [6.45, 7) is 2.37. The Balaban J connectivity index is 1.69. The summed E-state index contributed by atoms with van der Waals surface area (Å²) in [5.74, 6) is 0.618. The predicted molar refractivity (Wildman–Crippen MR) is 72.7 cm³/mol. The van der Waals surface area contributed by atoms with Crippen molar-refractivity contribution in [2.45, 2.75) is 38.1 Å². The van der Waals surface area contributed by atoms with E-state index in [-0.39, 0.29) is 5.92 Å². The van der Waals surface area contributed by atoms with Gasteiger partial charge in [0.05, 0.1) is 0 Å². The Morgan fingerprint density at radius 3 is 2.72 bits per heavy atom. The fraction of sp³-hybridized carbons (Fsp3) is 0.562. The van der Waals surface area contributed by atoms with Crippen LogP contribution in [0.3, 0.4) is 0 Å². The summed E-state index contributed by atoms with van der Waals surface area (Å²) >= 11 is 0. The van der Waals surface area contributed by atoms with E-state index in [2.05, 4.69) is 4.90 Å². The Labute approximate surface area is 109 Å². The van der Waals surface area contributed by atoms with Gasteiger partial charge in [-0.2, -0.15) is 0 Å². The number of piperidine rings is 2. The van der Waals surface area contributed by atoms with Crippen LogP contribution in [0, 0.1) is 5.92 Å². The van der Waals surface area contributed by atoms with Crippen LogP contribution in [0.25, 0.3) is 0 Å². The van der Waals surface area contributed by atoms with E-state index >= 15 is 0 Å². The first-order valence-corrected chi connectivity index (χ1v) is 7.18. The molecule has 0 aromatic heterocycles. The second kappa shape index (κ2) is 5.23. The Morgan fingerprint density at radius 2 is 1.89 bits per heavy atom. The van der Waals surface area contributed by atoms with Crippen LogP contribution < -0.4 is 0 Å². The maximum Gasteiger partial charge on any atom is 0.166 e. The second-order valence-corrected chi connectivity index (χ2v) is 5.64. The zero-order valence-electron chi connectivity index (χ0n) is 10.8. The van der Waals surface area contributed by atoms with E-state index in [1.807, 2.05) is 30.3 Å². The van der Waals surface area contributed by atoms with Gasteiger partial charge in [0.1, 0.15) is 0 Å². The lowest BCUT2D eigenvalue weighted by Crippen LogP contribution is -2.46. The van der Waals surface area contributed by atoms with E-state index in [4.69, 9.17) is 0 Å². The average Bonchev–Trinajstić information content (AvgIpc) is 2.47. The maximum atomic E-state index is 12.5. The van der Waals surface area contributed by atoms with Crippen molar-refractivity contribution >= 4 is 5.78 Å². The highest BCUT2D eigenvalue weighted by Crippen LogP contribution is 2.31. The number of benzene rings is 1. The highest BCUT2D eigenvalue weighted by atomic mass is 16.1. The SMILES string of the molecule is O=C(c1ccccc1)[C@@H]1CCN2CCCC[C@@H]2C1. The Kier molecular flexibility index (Phi) is 3.46. The van der Waals surface area contributed by atoms with Crippen molar-refractivity contribution in [3.05, 3.63) is 35.9 Å². The van der Waals surface area contributed by atoms with Gasteiger partial charge in [-0.25, -0.2) is 0 Å². The van der Waals surface area contributed by atoms with Gasteiger partial charge in [0.25, 0.3) is 0 Å². The van der Waals surface area contributed by atoms with Crippen LogP contribution in [0.4, 0.5) is 0 Å². The molecule has 0 saturated carbocycles. The van der Waals surface area contributed by atoms with Gasteiger partial charge in [-0.15, -0.1) is 0 Å². The minimum Gasteiger partial charge on any atom is -0.300 e. The Hall–Kier alpha value is -1.15. The van der Waals surface area contributed by atoms with E-state index in [1.54, 1.807) is 0 Å². The lowest BCUT2D eigenvalue weighted by atomic mass is 9.82. The summed E-state index contributed by atoms with van der Waals surface area (Å²) < 4.78 is 0. The predicted octanol–water partition coefficient (Wildman–Crippen LogP) is 3.13. The molecule has 18 heavy (non-hydrogen) atoms. The molecule has 2 atom stereocenters. The molecule has 3 rings (SSSR count). The Bertz CT molecular complexity index is 414. The highest BCUT2D eigenvalue weighted by Gasteiger charge is 2.33. The molecule has 0 radical (unpaired) electrons. The minimum absolute atomic E-state index is 0.256. The van der Waals surface area contributed by atoms with E-state index in [0.717, 1.165) is 24.9 Å². The van der Waals surface area contributed by atoms with Gasteiger partial charge in [-0.05, 0) is 38.8 Å². The smallest absolute Gasteiger partial charge is 0.166 e. The number of hydrogen-bond donors (Lipinski definition) is 0. The molecule has 0 spiro atoms. The number of fused-ring (bicyclic) bond motifs is 1. The number of carbonyl (C=O) groups excluding carboxylic acids is 1. The molecule has 2 aliphatic heterocycles. The maximum absolute atomic E-state index is 12.5. The molecule has 1 aromatic rings. The standard InChI is InChI=1S/C16H21NO/c18-16(13-6-2-1-3-7-13)14-9-11-17-10-5-4-8-15(17)12-14/h1-3,6-7,14-15H,4-5,8-12H2/t14-,15-/m1/s1. The molecule has 2 fully saturated rings. The fourth-order valence-electron chi connectivity index (χ4n) is 3.47. The fourth-order valence-corrected chi connectivity index (χ4v) is 3.47. The van der Waals surface area contributed by atoms with Crippen molar-refractivity contribution in [3.8, 4) is 0 Å². The number of nitrogens with zero attached hydrogens (tertiary/aromatic N) is 1. The molecule has 0 amide bonds. The lowest BCUT2D eigenvalue weighted by molar-refractivity contribution is 0.0615. The zero-order chi connectivity index (χ0) is 12.4. The van der Waals surface area contributed by atoms with Gasteiger partial charge in [0.2, 0.25) is 0 Å². The second-order valence-electron chi connectivity index (χ2n) is 5.64. The minimum atomic E-state index is 0.256. The van der Waals surface area contributed by atoms with Crippen molar-refractivity contribution in [1.82, 2.24) is 4.90 Å². The molecule has 2 heteroatoms. The Morgan fingerprint density at radius 1 is 1.06 bits per heavy atom. The van der Waals surface area contributed by atoms with Crippen molar-refractivity contribution in [2.75, 3.05) is 13.1 Å². The quantitative estimate of drug-likeness (QED) is 0.744. The largest absolute Gasteiger partial charge is 0.300 e. The molecule has 0 N–H and O–H groups in total. The van der Waals surface area contributed by atoms with Gasteiger partial charge in [0.15, 0.2) is 5.78 Å². The van der Waals surface area contributed by atoms with Crippen molar-refractivity contribution in [3.63, 3.8) is 0 Å². The normalized spacial score (nSPS) is 28.7. The van der Waals surface area contributed by atoms with Gasteiger partial charge in [-0.3, -0.25) is 4.79 Å². The number of ketones is 1. The lowest BCUT2D eigenvalue weighted by Gasteiger charge is -2.42.